The van der Waals surface area contributed by atoms with Crippen LogP contribution in [0.15, 0.2) is 24.5 Å². The molecule has 2 rings (SSSR count). The maximum absolute atomic E-state index is 4.22. The summed E-state index contributed by atoms with van der Waals surface area (Å²) in [6.45, 7) is 5.91. The number of likely N-dealkylation sites (tertiary alicyclic amines) is 1. The minimum absolute atomic E-state index is 0.504. The van der Waals surface area contributed by atoms with Crippen LogP contribution in [0.2, 0.25) is 0 Å². The van der Waals surface area contributed by atoms with Gasteiger partial charge in [0.2, 0.25) is 0 Å². The number of pyridine rings is 1. The van der Waals surface area contributed by atoms with E-state index >= 15 is 0 Å². The normalized spacial score (nSPS) is 19.9. The Labute approximate surface area is 111 Å². The maximum atomic E-state index is 4.22. The summed E-state index contributed by atoms with van der Waals surface area (Å²) in [6.07, 6.45) is 7.85. The first-order valence-electron chi connectivity index (χ1n) is 7.10. The van der Waals surface area contributed by atoms with Crippen molar-refractivity contribution in [2.75, 3.05) is 26.7 Å². The molecule has 1 atom stereocenters. The van der Waals surface area contributed by atoms with Crippen LogP contribution in [0.3, 0.4) is 0 Å². The van der Waals surface area contributed by atoms with Crippen LogP contribution in [-0.4, -0.2) is 36.6 Å². The van der Waals surface area contributed by atoms with Crippen LogP contribution in [0.4, 0.5) is 0 Å². The van der Waals surface area contributed by atoms with Crippen molar-refractivity contribution in [2.24, 2.45) is 5.92 Å². The van der Waals surface area contributed by atoms with Gasteiger partial charge in [-0.1, -0.05) is 6.07 Å². The zero-order valence-electron chi connectivity index (χ0n) is 11.6. The highest BCUT2D eigenvalue weighted by Gasteiger charge is 2.23. The van der Waals surface area contributed by atoms with Crippen molar-refractivity contribution < 1.29 is 0 Å². The molecule has 3 heteroatoms. The minimum Gasteiger partial charge on any atom is -0.320 e. The Morgan fingerprint density at radius 3 is 2.83 bits per heavy atom. The Morgan fingerprint density at radius 2 is 2.22 bits per heavy atom. The minimum atomic E-state index is 0.504. The van der Waals surface area contributed by atoms with Crippen LogP contribution in [-0.2, 0) is 0 Å². The van der Waals surface area contributed by atoms with Crippen molar-refractivity contribution in [1.29, 1.82) is 0 Å². The first kappa shape index (κ1) is 13.5. The molecule has 2 heterocycles. The molecule has 0 spiro atoms. The maximum Gasteiger partial charge on any atom is 0.0335 e. The molecule has 100 valence electrons. The third kappa shape index (κ3) is 3.53. The van der Waals surface area contributed by atoms with E-state index in [1.165, 1.54) is 37.9 Å². The molecule has 1 N–H and O–H groups in total. The van der Waals surface area contributed by atoms with E-state index in [0.717, 1.165) is 12.5 Å². The molecule has 0 aliphatic carbocycles. The second kappa shape index (κ2) is 6.86. The van der Waals surface area contributed by atoms with Gasteiger partial charge in [0.1, 0.15) is 0 Å². The van der Waals surface area contributed by atoms with E-state index < -0.39 is 0 Å². The van der Waals surface area contributed by atoms with Gasteiger partial charge in [0.05, 0.1) is 0 Å². The van der Waals surface area contributed by atoms with E-state index in [0.29, 0.717) is 6.04 Å². The van der Waals surface area contributed by atoms with Gasteiger partial charge in [-0.15, -0.1) is 0 Å². The van der Waals surface area contributed by atoms with Gasteiger partial charge in [-0.05, 0) is 70.4 Å². The summed E-state index contributed by atoms with van der Waals surface area (Å²) in [5.41, 5.74) is 1.34. The zero-order valence-corrected chi connectivity index (χ0v) is 11.6. The standard InChI is InChI=1S/C15H25N3/c1-13(15-4-3-8-17-12-15)18-10-6-14(7-11-18)5-9-16-2/h3-4,8,12-14,16H,5-7,9-11H2,1-2H3. The van der Waals surface area contributed by atoms with E-state index in [2.05, 4.69) is 28.2 Å². The molecule has 0 amide bonds. The van der Waals surface area contributed by atoms with Crippen molar-refractivity contribution in [2.45, 2.75) is 32.2 Å². The Hall–Kier alpha value is -0.930. The van der Waals surface area contributed by atoms with Crippen LogP contribution in [0, 0.1) is 5.92 Å². The van der Waals surface area contributed by atoms with Gasteiger partial charge >= 0.3 is 0 Å². The lowest BCUT2D eigenvalue weighted by atomic mass is 9.92. The summed E-state index contributed by atoms with van der Waals surface area (Å²) in [5, 5.41) is 3.25. The van der Waals surface area contributed by atoms with Gasteiger partial charge in [-0.2, -0.15) is 0 Å². The summed E-state index contributed by atoms with van der Waals surface area (Å²) in [7, 11) is 2.04. The van der Waals surface area contributed by atoms with Crippen molar-refractivity contribution >= 4 is 0 Å². The predicted octanol–water partition coefficient (Wildman–Crippen LogP) is 2.46. The second-order valence-corrected chi connectivity index (χ2v) is 5.33. The molecule has 1 saturated heterocycles. The van der Waals surface area contributed by atoms with Gasteiger partial charge in [-0.3, -0.25) is 9.88 Å². The van der Waals surface area contributed by atoms with Crippen molar-refractivity contribution in [1.82, 2.24) is 15.2 Å². The van der Waals surface area contributed by atoms with E-state index in [9.17, 15) is 0 Å². The molecule has 1 fully saturated rings. The number of hydrogen-bond acceptors (Lipinski definition) is 3. The van der Waals surface area contributed by atoms with E-state index in [4.69, 9.17) is 0 Å². The Balaban J connectivity index is 1.82. The topological polar surface area (TPSA) is 28.2 Å². The molecule has 18 heavy (non-hydrogen) atoms. The molecule has 1 aliphatic rings. The molecule has 1 unspecified atom stereocenters. The third-order valence-corrected chi connectivity index (χ3v) is 4.17. The SMILES string of the molecule is CNCCC1CCN(C(C)c2cccnc2)CC1. The summed E-state index contributed by atoms with van der Waals surface area (Å²) in [4.78, 5) is 6.81. The highest BCUT2D eigenvalue weighted by Crippen LogP contribution is 2.27. The molecule has 0 radical (unpaired) electrons. The Morgan fingerprint density at radius 1 is 1.44 bits per heavy atom. The van der Waals surface area contributed by atoms with E-state index in [1.54, 1.807) is 0 Å². The number of nitrogens with zero attached hydrogens (tertiary/aromatic N) is 2. The molecule has 0 bridgehead atoms. The lowest BCUT2D eigenvalue weighted by Gasteiger charge is -2.36. The van der Waals surface area contributed by atoms with E-state index in [-0.39, 0.29) is 0 Å². The Kier molecular flexibility index (Phi) is 5.14. The Bertz CT molecular complexity index is 331. The van der Waals surface area contributed by atoms with E-state index in [1.807, 2.05) is 25.5 Å². The number of nitrogens with one attached hydrogen (secondary N) is 1. The quantitative estimate of drug-likeness (QED) is 0.866. The van der Waals surface area contributed by atoms with Crippen LogP contribution in [0.25, 0.3) is 0 Å². The zero-order chi connectivity index (χ0) is 12.8. The van der Waals surface area contributed by atoms with Crippen LogP contribution in [0.5, 0.6) is 0 Å². The first-order valence-corrected chi connectivity index (χ1v) is 7.10. The fraction of sp³-hybridized carbons (Fsp3) is 0.667. The van der Waals surface area contributed by atoms with Gasteiger partial charge in [0.15, 0.2) is 0 Å². The number of piperidine rings is 1. The van der Waals surface area contributed by atoms with Crippen LogP contribution < -0.4 is 5.32 Å². The lowest BCUT2D eigenvalue weighted by molar-refractivity contribution is 0.137. The van der Waals surface area contributed by atoms with Crippen molar-refractivity contribution in [3.63, 3.8) is 0 Å². The molecule has 0 aromatic carbocycles. The van der Waals surface area contributed by atoms with Crippen molar-refractivity contribution in [3.8, 4) is 0 Å². The van der Waals surface area contributed by atoms with Gasteiger partial charge in [0, 0.05) is 18.4 Å². The van der Waals surface area contributed by atoms with Gasteiger partial charge in [-0.25, -0.2) is 0 Å². The molecule has 1 aromatic heterocycles. The number of rotatable bonds is 5. The molecule has 3 nitrogen and oxygen atoms in total. The van der Waals surface area contributed by atoms with Gasteiger partial charge in [0.25, 0.3) is 0 Å². The monoisotopic (exact) mass is 247 g/mol. The first-order chi connectivity index (χ1) is 8.81. The molecule has 1 aliphatic heterocycles. The second-order valence-electron chi connectivity index (χ2n) is 5.33. The number of hydrogen-bond donors (Lipinski definition) is 1. The van der Waals surface area contributed by atoms with Crippen molar-refractivity contribution in [3.05, 3.63) is 30.1 Å². The molecule has 1 aromatic rings. The molecular formula is C15H25N3. The predicted molar refractivity (Wildman–Crippen MR) is 75.5 cm³/mol. The third-order valence-electron chi connectivity index (χ3n) is 4.17. The van der Waals surface area contributed by atoms with Gasteiger partial charge < -0.3 is 5.32 Å². The summed E-state index contributed by atoms with van der Waals surface area (Å²) >= 11 is 0. The highest BCUT2D eigenvalue weighted by molar-refractivity contribution is 5.13. The summed E-state index contributed by atoms with van der Waals surface area (Å²) < 4.78 is 0. The highest BCUT2D eigenvalue weighted by atomic mass is 15.2. The van der Waals surface area contributed by atoms with Crippen LogP contribution >= 0.6 is 0 Å². The fourth-order valence-electron chi connectivity index (χ4n) is 2.81. The summed E-state index contributed by atoms with van der Waals surface area (Å²) in [5.74, 6) is 0.912. The smallest absolute Gasteiger partial charge is 0.0335 e. The fourth-order valence-corrected chi connectivity index (χ4v) is 2.81. The largest absolute Gasteiger partial charge is 0.320 e. The molecular weight excluding hydrogens is 222 g/mol. The summed E-state index contributed by atoms with van der Waals surface area (Å²) in [6, 6.07) is 4.72. The number of aromatic nitrogens is 1. The molecule has 0 saturated carbocycles. The lowest BCUT2D eigenvalue weighted by Crippen LogP contribution is -2.36. The average Bonchev–Trinajstić information content (AvgIpc) is 2.46. The van der Waals surface area contributed by atoms with Crippen LogP contribution in [0.1, 0.15) is 37.8 Å². The average molecular weight is 247 g/mol.